The van der Waals surface area contributed by atoms with Crippen molar-refractivity contribution in [1.82, 2.24) is 25.5 Å². The van der Waals surface area contributed by atoms with Crippen molar-refractivity contribution in [3.05, 3.63) is 61.7 Å². The lowest BCUT2D eigenvalue weighted by molar-refractivity contribution is -0.172. The molecule has 1 aromatic carbocycles. The highest BCUT2D eigenvalue weighted by atomic mass is 19.1. The van der Waals surface area contributed by atoms with Gasteiger partial charge >= 0.3 is 5.97 Å². The number of pyridine rings is 2. The van der Waals surface area contributed by atoms with Crippen LogP contribution < -0.4 is 21.5 Å². The molecule has 2 aliphatic heterocycles. The minimum Gasteiger partial charge on any atom is -0.458 e. The number of rotatable bonds is 9. The van der Waals surface area contributed by atoms with Gasteiger partial charge in [0.25, 0.3) is 5.56 Å². The summed E-state index contributed by atoms with van der Waals surface area (Å²) in [5.74, 6) is -2.19. The average Bonchev–Trinajstić information content (AvgIpc) is 3.38. The van der Waals surface area contributed by atoms with Gasteiger partial charge in [-0.15, -0.1) is 0 Å². The lowest BCUT2D eigenvalue weighted by Gasteiger charge is -2.31. The van der Waals surface area contributed by atoms with Crippen LogP contribution in [0.25, 0.3) is 22.3 Å². The number of hydrogen-bond donors (Lipinski definition) is 4. The molecule has 0 radical (unpaired) electrons. The molecule has 3 aliphatic rings. The molecule has 3 amide bonds. The first-order valence-electron chi connectivity index (χ1n) is 14.2. The monoisotopic (exact) mass is 607 g/mol. The molecule has 0 bridgehead atoms. The molecule has 0 unspecified atom stereocenters. The average molecular weight is 608 g/mol. The second-order valence-corrected chi connectivity index (χ2v) is 11.1. The zero-order chi connectivity index (χ0) is 31.3. The highest BCUT2D eigenvalue weighted by Crippen LogP contribution is 2.45. The molecule has 44 heavy (non-hydrogen) atoms. The number of nitrogens with one attached hydrogen (secondary N) is 3. The predicted molar refractivity (Wildman–Crippen MR) is 151 cm³/mol. The van der Waals surface area contributed by atoms with Crippen LogP contribution in [0.15, 0.2) is 16.9 Å². The number of amides is 3. The van der Waals surface area contributed by atoms with Crippen LogP contribution in [-0.4, -0.2) is 58.7 Å². The van der Waals surface area contributed by atoms with E-state index in [1.54, 1.807) is 19.9 Å². The zero-order valence-corrected chi connectivity index (χ0v) is 24.0. The van der Waals surface area contributed by atoms with Gasteiger partial charge in [0.15, 0.2) is 5.60 Å². The van der Waals surface area contributed by atoms with Crippen LogP contribution in [0.2, 0.25) is 0 Å². The largest absolute Gasteiger partial charge is 0.458 e. The Kier molecular flexibility index (Phi) is 7.41. The SMILES string of the molecule is CC[C@@]1(O)C(=O)OCc2c1cc1n(c2=O)Cc2c-1nc1cc(F)c(C)c3c1c2[C@@H](NC(=O)COCNC(=O)CNC=O)CC3. The molecule has 4 N–H and O–H groups in total. The molecule has 14 heteroatoms. The summed E-state index contributed by atoms with van der Waals surface area (Å²) in [6.07, 6.45) is 1.31. The van der Waals surface area contributed by atoms with Crippen LogP contribution in [0.1, 0.15) is 59.2 Å². The van der Waals surface area contributed by atoms with E-state index in [2.05, 4.69) is 16.0 Å². The first-order chi connectivity index (χ1) is 21.1. The Bertz CT molecular complexity index is 1820. The lowest BCUT2D eigenvalue weighted by atomic mass is 9.81. The minimum atomic E-state index is -1.99. The Morgan fingerprint density at radius 2 is 2.05 bits per heavy atom. The number of aryl methyl sites for hydroxylation is 1. The molecule has 0 saturated carbocycles. The molecule has 0 saturated heterocycles. The number of ether oxygens (including phenoxy) is 2. The third-order valence-corrected chi connectivity index (χ3v) is 8.66. The molecular formula is C30H30FN5O8. The maximum absolute atomic E-state index is 15.1. The number of fused-ring (bicyclic) bond motifs is 5. The highest BCUT2D eigenvalue weighted by Gasteiger charge is 2.46. The number of aromatic nitrogens is 2. The summed E-state index contributed by atoms with van der Waals surface area (Å²) in [5.41, 5.74) is 1.74. The van der Waals surface area contributed by atoms with Crippen LogP contribution in [0.5, 0.6) is 0 Å². The number of halogens is 1. The number of carbonyl (C=O) groups is 4. The van der Waals surface area contributed by atoms with Crippen LogP contribution in [-0.2, 0) is 53.8 Å². The van der Waals surface area contributed by atoms with Crippen molar-refractivity contribution < 1.29 is 38.1 Å². The molecule has 0 fully saturated rings. The molecule has 1 aliphatic carbocycles. The smallest absolute Gasteiger partial charge is 0.343 e. The molecular weight excluding hydrogens is 577 g/mol. The van der Waals surface area contributed by atoms with Crippen molar-refractivity contribution in [2.24, 2.45) is 0 Å². The molecule has 0 spiro atoms. The van der Waals surface area contributed by atoms with Crippen molar-refractivity contribution >= 4 is 35.1 Å². The van der Waals surface area contributed by atoms with E-state index in [1.807, 2.05) is 0 Å². The van der Waals surface area contributed by atoms with Gasteiger partial charge in [-0.05, 0) is 48.9 Å². The lowest BCUT2D eigenvalue weighted by Crippen LogP contribution is -2.44. The quantitative estimate of drug-likeness (QED) is 0.0911. The standard InChI is InChI=1S/C30H30FN5O8/c1-3-30(42)18-6-22-27-16(9-36(22)28(40)17(18)10-44-29(30)41)26-20(34-24(39)11-43-13-33-23(38)8-32-12-37)5-4-15-14(2)19(31)7-21(35-27)25(15)26/h6-7,12,20,42H,3-5,8-11,13H2,1-2H3,(H,32,37)(H,33,38)(H,34,39)/t20-,30-/m0/s1. The number of aliphatic hydroxyl groups is 1. The Labute approximate surface area is 249 Å². The summed E-state index contributed by atoms with van der Waals surface area (Å²) in [5, 5.41) is 19.5. The summed E-state index contributed by atoms with van der Waals surface area (Å²) in [6.45, 7) is 2.34. The number of benzene rings is 1. The van der Waals surface area contributed by atoms with E-state index in [0.29, 0.717) is 52.7 Å². The third kappa shape index (κ3) is 4.61. The van der Waals surface area contributed by atoms with Gasteiger partial charge < -0.3 is 35.1 Å². The van der Waals surface area contributed by atoms with Crippen molar-refractivity contribution in [1.29, 1.82) is 0 Å². The van der Waals surface area contributed by atoms with Gasteiger partial charge in [-0.3, -0.25) is 19.2 Å². The predicted octanol–water partition coefficient (Wildman–Crippen LogP) is 0.467. The van der Waals surface area contributed by atoms with Gasteiger partial charge in [-0.1, -0.05) is 6.92 Å². The van der Waals surface area contributed by atoms with Crippen LogP contribution >= 0.6 is 0 Å². The summed E-state index contributed by atoms with van der Waals surface area (Å²) >= 11 is 0. The number of esters is 1. The number of nitrogens with zero attached hydrogens (tertiary/aromatic N) is 2. The van der Waals surface area contributed by atoms with Crippen LogP contribution in [0.4, 0.5) is 4.39 Å². The second-order valence-electron chi connectivity index (χ2n) is 11.1. The maximum atomic E-state index is 15.1. The van der Waals surface area contributed by atoms with E-state index in [9.17, 15) is 29.1 Å². The van der Waals surface area contributed by atoms with E-state index in [-0.39, 0.29) is 50.6 Å². The van der Waals surface area contributed by atoms with Crippen LogP contribution in [0.3, 0.4) is 0 Å². The Balaban J connectivity index is 1.38. The Morgan fingerprint density at radius 3 is 2.80 bits per heavy atom. The van der Waals surface area contributed by atoms with E-state index < -0.39 is 40.8 Å². The number of hydrogen-bond acceptors (Lipinski definition) is 9. The minimum absolute atomic E-state index is 0.00563. The van der Waals surface area contributed by atoms with Crippen molar-refractivity contribution in [3.63, 3.8) is 0 Å². The fourth-order valence-electron chi connectivity index (χ4n) is 6.41. The topological polar surface area (TPSA) is 178 Å². The van der Waals surface area contributed by atoms with E-state index in [0.717, 1.165) is 11.1 Å². The van der Waals surface area contributed by atoms with E-state index in [1.165, 1.54) is 10.6 Å². The fourth-order valence-corrected chi connectivity index (χ4v) is 6.41. The summed E-state index contributed by atoms with van der Waals surface area (Å²) in [4.78, 5) is 65.9. The fraction of sp³-hybridized carbons (Fsp3) is 0.400. The number of carbonyl (C=O) groups excluding carboxylic acids is 4. The summed E-state index contributed by atoms with van der Waals surface area (Å²) in [7, 11) is 0. The summed E-state index contributed by atoms with van der Waals surface area (Å²) < 4.78 is 27.0. The molecule has 4 heterocycles. The van der Waals surface area contributed by atoms with Crippen molar-refractivity contribution in [3.8, 4) is 11.4 Å². The van der Waals surface area contributed by atoms with E-state index in [4.69, 9.17) is 14.5 Å². The molecule has 2 aromatic heterocycles. The first-order valence-corrected chi connectivity index (χ1v) is 14.2. The normalized spacial score (nSPS) is 19.5. The summed E-state index contributed by atoms with van der Waals surface area (Å²) in [6, 6.07) is 2.41. The molecule has 3 aromatic rings. The zero-order valence-electron chi connectivity index (χ0n) is 24.0. The Morgan fingerprint density at radius 1 is 1.25 bits per heavy atom. The molecule has 6 rings (SSSR count). The van der Waals surface area contributed by atoms with Gasteiger partial charge in [-0.2, -0.15) is 0 Å². The van der Waals surface area contributed by atoms with Crippen LogP contribution in [0, 0.1) is 12.7 Å². The van der Waals surface area contributed by atoms with E-state index >= 15 is 4.39 Å². The van der Waals surface area contributed by atoms with Gasteiger partial charge in [0.2, 0.25) is 18.2 Å². The van der Waals surface area contributed by atoms with Crippen molar-refractivity contribution in [2.45, 2.75) is 57.9 Å². The third-order valence-electron chi connectivity index (χ3n) is 8.66. The van der Waals surface area contributed by atoms with Crippen molar-refractivity contribution in [2.75, 3.05) is 19.9 Å². The maximum Gasteiger partial charge on any atom is 0.343 e. The second kappa shape index (κ2) is 11.1. The first kappa shape index (κ1) is 29.4. The Hall–Kier alpha value is -4.69. The van der Waals surface area contributed by atoms with Gasteiger partial charge in [0, 0.05) is 22.6 Å². The number of cyclic esters (lactones) is 1. The van der Waals surface area contributed by atoms with Gasteiger partial charge in [-0.25, -0.2) is 14.2 Å². The molecule has 230 valence electrons. The van der Waals surface area contributed by atoms with Gasteiger partial charge in [0.05, 0.1) is 41.6 Å². The highest BCUT2D eigenvalue weighted by molar-refractivity contribution is 5.94. The molecule has 2 atom stereocenters. The van der Waals surface area contributed by atoms with Gasteiger partial charge in [0.1, 0.15) is 25.8 Å². The molecule has 13 nitrogen and oxygen atoms in total.